The number of aryl methyl sites for hydroxylation is 1. The summed E-state index contributed by atoms with van der Waals surface area (Å²) in [7, 11) is 0. The minimum absolute atomic E-state index is 0. The van der Waals surface area contributed by atoms with Crippen LogP contribution in [0.2, 0.25) is 0 Å². The molecular formula is C14H15IrN. The minimum Gasteiger partial charge on any atom is -0.256 e. The van der Waals surface area contributed by atoms with Crippen molar-refractivity contribution in [3.05, 3.63) is 54.2 Å². The van der Waals surface area contributed by atoms with Gasteiger partial charge in [-0.15, -0.1) is 0 Å². The third-order valence-corrected chi connectivity index (χ3v) is 2.45. The smallest absolute Gasteiger partial charge is 0.0701 e. The maximum Gasteiger partial charge on any atom is 0.0701 e. The van der Waals surface area contributed by atoms with Gasteiger partial charge in [0, 0.05) is 31.9 Å². The molecule has 0 saturated heterocycles. The Hall–Kier alpha value is -0.981. The molecule has 2 rings (SSSR count). The van der Waals surface area contributed by atoms with Gasteiger partial charge in [0.15, 0.2) is 0 Å². The van der Waals surface area contributed by atoms with Crippen LogP contribution >= 0.6 is 0 Å². The SMILES string of the molecule is CCCc1ccc(-c2ccccn2)cc1.[Ir]. The van der Waals surface area contributed by atoms with Gasteiger partial charge in [-0.1, -0.05) is 43.7 Å². The van der Waals surface area contributed by atoms with Gasteiger partial charge in [-0.3, -0.25) is 4.98 Å². The molecule has 1 heterocycles. The van der Waals surface area contributed by atoms with Crippen LogP contribution in [0.25, 0.3) is 11.3 Å². The molecule has 0 spiro atoms. The third-order valence-electron chi connectivity index (χ3n) is 2.45. The molecule has 0 unspecified atom stereocenters. The third kappa shape index (κ3) is 3.26. The second-order valence-electron chi connectivity index (χ2n) is 3.66. The zero-order valence-electron chi connectivity index (χ0n) is 9.31. The van der Waals surface area contributed by atoms with Gasteiger partial charge in [-0.25, -0.2) is 0 Å². The molecule has 16 heavy (non-hydrogen) atoms. The first-order valence-corrected chi connectivity index (χ1v) is 5.40. The second-order valence-corrected chi connectivity index (χ2v) is 3.66. The molecule has 2 aromatic rings. The average Bonchev–Trinajstić information content (AvgIpc) is 2.32. The second kappa shape index (κ2) is 6.57. The van der Waals surface area contributed by atoms with E-state index in [9.17, 15) is 0 Å². The number of aromatic nitrogens is 1. The van der Waals surface area contributed by atoms with Gasteiger partial charge in [0.1, 0.15) is 0 Å². The van der Waals surface area contributed by atoms with E-state index in [0.29, 0.717) is 0 Å². The number of pyridine rings is 1. The van der Waals surface area contributed by atoms with E-state index >= 15 is 0 Å². The van der Waals surface area contributed by atoms with Gasteiger partial charge in [0.2, 0.25) is 0 Å². The minimum atomic E-state index is 0. The van der Waals surface area contributed by atoms with Crippen LogP contribution in [0.15, 0.2) is 48.7 Å². The van der Waals surface area contributed by atoms with Crippen molar-refractivity contribution in [1.82, 2.24) is 4.98 Å². The Morgan fingerprint density at radius 2 is 1.75 bits per heavy atom. The summed E-state index contributed by atoms with van der Waals surface area (Å²) in [6.07, 6.45) is 4.18. The zero-order valence-corrected chi connectivity index (χ0v) is 11.7. The summed E-state index contributed by atoms with van der Waals surface area (Å²) in [5.74, 6) is 0. The maximum atomic E-state index is 4.32. The molecule has 1 radical (unpaired) electrons. The summed E-state index contributed by atoms with van der Waals surface area (Å²) in [6.45, 7) is 2.20. The van der Waals surface area contributed by atoms with Crippen LogP contribution in [0.5, 0.6) is 0 Å². The van der Waals surface area contributed by atoms with E-state index in [4.69, 9.17) is 0 Å². The van der Waals surface area contributed by atoms with E-state index in [1.165, 1.54) is 17.5 Å². The molecule has 0 atom stereocenters. The standard InChI is InChI=1S/C14H15N.Ir/c1-2-5-12-7-9-13(10-8-12)14-6-3-4-11-15-14;/h3-4,6-11H,2,5H2,1H3;. The van der Waals surface area contributed by atoms with Crippen LogP contribution in [-0.4, -0.2) is 4.98 Å². The largest absolute Gasteiger partial charge is 0.256 e. The summed E-state index contributed by atoms with van der Waals surface area (Å²) < 4.78 is 0. The molecule has 0 N–H and O–H groups in total. The summed E-state index contributed by atoms with van der Waals surface area (Å²) in [6, 6.07) is 14.7. The van der Waals surface area contributed by atoms with Crippen LogP contribution in [-0.2, 0) is 26.5 Å². The van der Waals surface area contributed by atoms with Crippen molar-refractivity contribution in [2.45, 2.75) is 19.8 Å². The molecule has 85 valence electrons. The van der Waals surface area contributed by atoms with E-state index in [2.05, 4.69) is 36.2 Å². The van der Waals surface area contributed by atoms with Crippen molar-refractivity contribution in [2.75, 3.05) is 0 Å². The van der Waals surface area contributed by atoms with Crippen LogP contribution in [0.1, 0.15) is 18.9 Å². The fourth-order valence-electron chi connectivity index (χ4n) is 1.66. The maximum absolute atomic E-state index is 4.32. The summed E-state index contributed by atoms with van der Waals surface area (Å²) in [5.41, 5.74) is 3.63. The van der Waals surface area contributed by atoms with Gasteiger partial charge < -0.3 is 0 Å². The topological polar surface area (TPSA) is 12.9 Å². The predicted octanol–water partition coefficient (Wildman–Crippen LogP) is 3.70. The van der Waals surface area contributed by atoms with Crippen molar-refractivity contribution in [1.29, 1.82) is 0 Å². The number of rotatable bonds is 3. The van der Waals surface area contributed by atoms with Crippen molar-refractivity contribution in [3.8, 4) is 11.3 Å². The number of hydrogen-bond acceptors (Lipinski definition) is 1. The number of benzene rings is 1. The quantitative estimate of drug-likeness (QED) is 0.780. The Labute approximate surface area is 110 Å². The molecule has 0 aliphatic heterocycles. The van der Waals surface area contributed by atoms with Crippen molar-refractivity contribution in [3.63, 3.8) is 0 Å². The molecular weight excluding hydrogens is 374 g/mol. The first-order valence-electron chi connectivity index (χ1n) is 5.40. The molecule has 1 aromatic heterocycles. The number of hydrogen-bond donors (Lipinski definition) is 0. The van der Waals surface area contributed by atoms with Crippen LogP contribution < -0.4 is 0 Å². The average molecular weight is 389 g/mol. The van der Waals surface area contributed by atoms with E-state index < -0.39 is 0 Å². The molecule has 1 aromatic carbocycles. The summed E-state index contributed by atoms with van der Waals surface area (Å²) >= 11 is 0. The van der Waals surface area contributed by atoms with Crippen molar-refractivity contribution in [2.24, 2.45) is 0 Å². The molecule has 0 aliphatic carbocycles. The molecule has 0 saturated carbocycles. The Kier molecular flexibility index (Phi) is 5.37. The molecule has 0 amide bonds. The summed E-state index contributed by atoms with van der Waals surface area (Å²) in [5, 5.41) is 0. The van der Waals surface area contributed by atoms with Gasteiger partial charge in [0.05, 0.1) is 5.69 Å². The predicted molar refractivity (Wildman–Crippen MR) is 63.7 cm³/mol. The van der Waals surface area contributed by atoms with Crippen molar-refractivity contribution < 1.29 is 20.1 Å². The van der Waals surface area contributed by atoms with Crippen LogP contribution in [0.4, 0.5) is 0 Å². The Bertz CT molecular complexity index is 409. The molecule has 2 heteroatoms. The van der Waals surface area contributed by atoms with Crippen molar-refractivity contribution >= 4 is 0 Å². The fourth-order valence-corrected chi connectivity index (χ4v) is 1.66. The first-order chi connectivity index (χ1) is 7.40. The molecule has 1 nitrogen and oxygen atoms in total. The van der Waals surface area contributed by atoms with Gasteiger partial charge in [-0.2, -0.15) is 0 Å². The molecule has 0 fully saturated rings. The van der Waals surface area contributed by atoms with E-state index in [0.717, 1.165) is 12.1 Å². The van der Waals surface area contributed by atoms with Gasteiger partial charge >= 0.3 is 0 Å². The van der Waals surface area contributed by atoms with E-state index in [1.807, 2.05) is 24.4 Å². The Balaban J connectivity index is 0.00000128. The molecule has 0 bridgehead atoms. The van der Waals surface area contributed by atoms with Gasteiger partial charge in [-0.05, 0) is 24.1 Å². The normalized spacial score (nSPS) is 9.56. The first kappa shape index (κ1) is 13.1. The zero-order chi connectivity index (χ0) is 10.5. The number of nitrogens with zero attached hydrogens (tertiary/aromatic N) is 1. The summed E-state index contributed by atoms with van der Waals surface area (Å²) in [4.78, 5) is 4.32. The van der Waals surface area contributed by atoms with Crippen LogP contribution in [0.3, 0.4) is 0 Å². The Morgan fingerprint density at radius 3 is 2.31 bits per heavy atom. The van der Waals surface area contributed by atoms with Gasteiger partial charge in [0.25, 0.3) is 0 Å². The van der Waals surface area contributed by atoms with Crippen LogP contribution in [0, 0.1) is 0 Å². The molecule has 0 aliphatic rings. The van der Waals surface area contributed by atoms with E-state index in [-0.39, 0.29) is 20.1 Å². The monoisotopic (exact) mass is 390 g/mol. The Morgan fingerprint density at radius 1 is 1.00 bits per heavy atom. The van der Waals surface area contributed by atoms with E-state index in [1.54, 1.807) is 0 Å². The fraction of sp³-hybridized carbons (Fsp3) is 0.214.